The van der Waals surface area contributed by atoms with Crippen molar-refractivity contribution in [3.63, 3.8) is 0 Å². The maximum absolute atomic E-state index is 12.2. The Kier molecular flexibility index (Phi) is 2.34. The number of rotatable bonds is 1. The smallest absolute Gasteiger partial charge is 0.332 e. The predicted molar refractivity (Wildman–Crippen MR) is 65.6 cm³/mol. The summed E-state index contributed by atoms with van der Waals surface area (Å²) >= 11 is 0. The van der Waals surface area contributed by atoms with Gasteiger partial charge in [0.2, 0.25) is 0 Å². The van der Waals surface area contributed by atoms with Crippen LogP contribution in [0.3, 0.4) is 0 Å². The molecule has 2 rings (SSSR count). The SMILES string of the molecule is CN1C(=O)N(c2ccc(N)cc2)C(=O)C1(C)C. The molecule has 0 aromatic heterocycles. The molecule has 1 saturated heterocycles. The summed E-state index contributed by atoms with van der Waals surface area (Å²) in [6.07, 6.45) is 0. The minimum Gasteiger partial charge on any atom is -0.399 e. The average molecular weight is 233 g/mol. The van der Waals surface area contributed by atoms with Gasteiger partial charge in [-0.15, -0.1) is 0 Å². The van der Waals surface area contributed by atoms with Crippen LogP contribution in [-0.4, -0.2) is 29.4 Å². The number of hydrogen-bond donors (Lipinski definition) is 1. The minimum absolute atomic E-state index is 0.227. The van der Waals surface area contributed by atoms with Crippen molar-refractivity contribution >= 4 is 23.3 Å². The number of carbonyl (C=O) groups is 2. The number of imide groups is 1. The highest BCUT2D eigenvalue weighted by Gasteiger charge is 2.49. The van der Waals surface area contributed by atoms with Gasteiger partial charge in [-0.2, -0.15) is 0 Å². The Bertz CT molecular complexity index is 479. The fourth-order valence-electron chi connectivity index (χ4n) is 1.74. The number of likely N-dealkylation sites (N-methyl/N-ethyl adjacent to an activating group) is 1. The largest absolute Gasteiger partial charge is 0.399 e. The molecular weight excluding hydrogens is 218 g/mol. The predicted octanol–water partition coefficient (Wildman–Crippen LogP) is 1.45. The average Bonchev–Trinajstić information content (AvgIpc) is 2.43. The summed E-state index contributed by atoms with van der Waals surface area (Å²) in [4.78, 5) is 26.8. The standard InChI is InChI=1S/C12H15N3O2/c1-12(2)10(16)15(11(17)14(12)3)9-6-4-8(13)5-7-9/h4-7H,13H2,1-3H3. The lowest BCUT2D eigenvalue weighted by Crippen LogP contribution is -2.41. The molecule has 0 radical (unpaired) electrons. The van der Waals surface area contributed by atoms with Crippen molar-refractivity contribution in [2.24, 2.45) is 0 Å². The van der Waals surface area contributed by atoms with Gasteiger partial charge in [0.15, 0.2) is 0 Å². The highest BCUT2D eigenvalue weighted by Crippen LogP contribution is 2.30. The number of nitrogens with two attached hydrogens (primary N) is 1. The first-order chi connectivity index (χ1) is 7.85. The van der Waals surface area contributed by atoms with Crippen molar-refractivity contribution in [2.75, 3.05) is 17.7 Å². The van der Waals surface area contributed by atoms with Crippen molar-refractivity contribution in [2.45, 2.75) is 19.4 Å². The number of nitrogens with zero attached hydrogens (tertiary/aromatic N) is 2. The van der Waals surface area contributed by atoms with Crippen LogP contribution in [0.25, 0.3) is 0 Å². The molecule has 17 heavy (non-hydrogen) atoms. The molecular formula is C12H15N3O2. The van der Waals surface area contributed by atoms with E-state index in [-0.39, 0.29) is 11.9 Å². The van der Waals surface area contributed by atoms with E-state index in [0.29, 0.717) is 11.4 Å². The summed E-state index contributed by atoms with van der Waals surface area (Å²) in [6, 6.07) is 6.35. The summed E-state index contributed by atoms with van der Waals surface area (Å²) in [5.74, 6) is -0.227. The van der Waals surface area contributed by atoms with Crippen LogP contribution in [0.15, 0.2) is 24.3 Å². The van der Waals surface area contributed by atoms with E-state index in [0.717, 1.165) is 0 Å². The number of hydrogen-bond acceptors (Lipinski definition) is 3. The molecule has 5 nitrogen and oxygen atoms in total. The van der Waals surface area contributed by atoms with Gasteiger partial charge in [-0.1, -0.05) is 0 Å². The molecule has 1 fully saturated rings. The van der Waals surface area contributed by atoms with Crippen LogP contribution in [0.5, 0.6) is 0 Å². The second-order valence-electron chi connectivity index (χ2n) is 4.63. The van der Waals surface area contributed by atoms with E-state index in [1.807, 2.05) is 0 Å². The summed E-state index contributed by atoms with van der Waals surface area (Å²) in [5, 5.41) is 0. The third-order valence-corrected chi connectivity index (χ3v) is 3.19. The quantitative estimate of drug-likeness (QED) is 0.589. The molecule has 0 aliphatic carbocycles. The molecule has 0 atom stereocenters. The van der Waals surface area contributed by atoms with Gasteiger partial charge in [0.1, 0.15) is 5.54 Å². The molecule has 0 saturated carbocycles. The topological polar surface area (TPSA) is 66.6 Å². The second kappa shape index (κ2) is 3.48. The number of nitrogen functional groups attached to an aromatic ring is 1. The lowest BCUT2D eigenvalue weighted by Gasteiger charge is -2.22. The van der Waals surface area contributed by atoms with Gasteiger partial charge in [-0.25, -0.2) is 9.69 Å². The van der Waals surface area contributed by atoms with Crippen LogP contribution >= 0.6 is 0 Å². The van der Waals surface area contributed by atoms with Crippen LogP contribution in [0.1, 0.15) is 13.8 Å². The van der Waals surface area contributed by atoms with Gasteiger partial charge in [0.25, 0.3) is 5.91 Å². The number of benzene rings is 1. The molecule has 1 aromatic rings. The van der Waals surface area contributed by atoms with Gasteiger partial charge in [0.05, 0.1) is 5.69 Å². The molecule has 90 valence electrons. The van der Waals surface area contributed by atoms with Gasteiger partial charge in [-0.05, 0) is 38.1 Å². The Morgan fingerprint density at radius 3 is 2.06 bits per heavy atom. The fraction of sp³-hybridized carbons (Fsp3) is 0.333. The molecule has 1 aliphatic heterocycles. The van der Waals surface area contributed by atoms with Crippen LogP contribution in [-0.2, 0) is 4.79 Å². The summed E-state index contributed by atoms with van der Waals surface area (Å²) < 4.78 is 0. The van der Waals surface area contributed by atoms with E-state index >= 15 is 0 Å². The van der Waals surface area contributed by atoms with Crippen molar-refractivity contribution in [1.82, 2.24) is 4.90 Å². The Labute approximate surface area is 99.8 Å². The van der Waals surface area contributed by atoms with E-state index in [1.165, 1.54) is 9.80 Å². The zero-order chi connectivity index (χ0) is 12.8. The maximum atomic E-state index is 12.2. The van der Waals surface area contributed by atoms with Crippen LogP contribution < -0.4 is 10.6 Å². The molecule has 1 aliphatic rings. The molecule has 0 unspecified atom stereocenters. The van der Waals surface area contributed by atoms with E-state index in [9.17, 15) is 9.59 Å². The molecule has 1 aromatic carbocycles. The zero-order valence-corrected chi connectivity index (χ0v) is 10.1. The first kappa shape index (κ1) is 11.4. The monoisotopic (exact) mass is 233 g/mol. The summed E-state index contributed by atoms with van der Waals surface area (Å²) in [7, 11) is 1.62. The fourth-order valence-corrected chi connectivity index (χ4v) is 1.74. The van der Waals surface area contributed by atoms with E-state index in [2.05, 4.69) is 0 Å². The highest BCUT2D eigenvalue weighted by molar-refractivity contribution is 6.22. The number of urea groups is 1. The third kappa shape index (κ3) is 1.54. The molecule has 0 spiro atoms. The van der Waals surface area contributed by atoms with E-state index < -0.39 is 5.54 Å². The molecule has 2 N–H and O–H groups in total. The van der Waals surface area contributed by atoms with Crippen LogP contribution in [0.4, 0.5) is 16.2 Å². The Morgan fingerprint density at radius 2 is 1.65 bits per heavy atom. The van der Waals surface area contributed by atoms with Gasteiger partial charge < -0.3 is 10.6 Å². The highest BCUT2D eigenvalue weighted by atomic mass is 16.2. The Morgan fingerprint density at radius 1 is 1.12 bits per heavy atom. The minimum atomic E-state index is -0.807. The van der Waals surface area contributed by atoms with Crippen LogP contribution in [0, 0.1) is 0 Å². The Hall–Kier alpha value is -2.04. The lowest BCUT2D eigenvalue weighted by molar-refractivity contribution is -0.123. The van der Waals surface area contributed by atoms with Crippen molar-refractivity contribution in [3.05, 3.63) is 24.3 Å². The molecule has 3 amide bonds. The molecule has 1 heterocycles. The number of anilines is 2. The summed E-state index contributed by atoms with van der Waals surface area (Å²) in [5.41, 5.74) is 5.91. The Balaban J connectivity index is 2.44. The van der Waals surface area contributed by atoms with Crippen LogP contribution in [0.2, 0.25) is 0 Å². The van der Waals surface area contributed by atoms with E-state index in [4.69, 9.17) is 5.73 Å². The first-order valence-corrected chi connectivity index (χ1v) is 5.33. The molecule has 0 bridgehead atoms. The maximum Gasteiger partial charge on any atom is 0.332 e. The number of carbonyl (C=O) groups excluding carboxylic acids is 2. The van der Waals surface area contributed by atoms with Crippen molar-refractivity contribution in [1.29, 1.82) is 0 Å². The van der Waals surface area contributed by atoms with Crippen molar-refractivity contribution in [3.8, 4) is 0 Å². The lowest BCUT2D eigenvalue weighted by atomic mass is 10.0. The second-order valence-corrected chi connectivity index (χ2v) is 4.63. The molecule has 5 heteroatoms. The van der Waals surface area contributed by atoms with E-state index in [1.54, 1.807) is 45.2 Å². The normalized spacial score (nSPS) is 19.0. The van der Waals surface area contributed by atoms with Gasteiger partial charge >= 0.3 is 6.03 Å². The third-order valence-electron chi connectivity index (χ3n) is 3.19. The first-order valence-electron chi connectivity index (χ1n) is 5.33. The van der Waals surface area contributed by atoms with Gasteiger partial charge in [0, 0.05) is 12.7 Å². The number of amides is 3. The zero-order valence-electron chi connectivity index (χ0n) is 10.1. The van der Waals surface area contributed by atoms with Crippen molar-refractivity contribution < 1.29 is 9.59 Å². The summed E-state index contributed by atoms with van der Waals surface area (Å²) in [6.45, 7) is 3.45. The van der Waals surface area contributed by atoms with Gasteiger partial charge in [-0.3, -0.25) is 4.79 Å².